The fourth-order valence-electron chi connectivity index (χ4n) is 0.811. The molecule has 0 atom stereocenters. The molecule has 62 valence electrons. The van der Waals surface area contributed by atoms with Gasteiger partial charge in [0.1, 0.15) is 6.07 Å². The van der Waals surface area contributed by atoms with Gasteiger partial charge in [-0.1, -0.05) is 0 Å². The minimum atomic E-state index is -0.102. The van der Waals surface area contributed by atoms with Crippen LogP contribution in [0.25, 0.3) is 0 Å². The van der Waals surface area contributed by atoms with Gasteiger partial charge in [-0.3, -0.25) is 0 Å². The highest BCUT2D eigenvalue weighted by atomic mass is 16.5. The molecule has 0 aliphatic rings. The average molecular weight is 164 g/mol. The molecule has 0 radical (unpaired) electrons. The van der Waals surface area contributed by atoms with Crippen molar-refractivity contribution in [2.45, 2.75) is 6.61 Å². The van der Waals surface area contributed by atoms with Gasteiger partial charge < -0.3 is 9.84 Å². The molecule has 0 fully saturated rings. The fourth-order valence-corrected chi connectivity index (χ4v) is 0.811. The van der Waals surface area contributed by atoms with Gasteiger partial charge in [0.2, 0.25) is 0 Å². The summed E-state index contributed by atoms with van der Waals surface area (Å²) < 4.78 is 4.88. The summed E-state index contributed by atoms with van der Waals surface area (Å²) in [5, 5.41) is 17.3. The van der Waals surface area contributed by atoms with Gasteiger partial charge >= 0.3 is 0 Å². The molecule has 0 aliphatic carbocycles. The van der Waals surface area contributed by atoms with Crippen LogP contribution in [0.15, 0.2) is 12.3 Å². The molecule has 4 nitrogen and oxygen atoms in total. The lowest BCUT2D eigenvalue weighted by Crippen LogP contribution is -1.94. The molecule has 0 spiro atoms. The van der Waals surface area contributed by atoms with Gasteiger partial charge in [0, 0.05) is 6.20 Å². The molecule has 0 unspecified atom stereocenters. The number of rotatable bonds is 2. The quantitative estimate of drug-likeness (QED) is 0.689. The number of aliphatic hydroxyl groups is 1. The van der Waals surface area contributed by atoms with Crippen LogP contribution in [0.3, 0.4) is 0 Å². The third-order valence-electron chi connectivity index (χ3n) is 1.42. The van der Waals surface area contributed by atoms with E-state index in [2.05, 4.69) is 4.98 Å². The van der Waals surface area contributed by atoms with Gasteiger partial charge in [0.15, 0.2) is 11.4 Å². The Labute approximate surface area is 70.0 Å². The maximum atomic E-state index is 8.74. The van der Waals surface area contributed by atoms with Crippen LogP contribution in [-0.2, 0) is 6.61 Å². The van der Waals surface area contributed by atoms with Crippen LogP contribution >= 0.6 is 0 Å². The Balaban J connectivity index is 3.13. The standard InChI is InChI=1S/C8H8N2O2/c1-12-8-2-6(5-11)4-10-7(8)3-9/h2,4,11H,5H2,1H3. The van der Waals surface area contributed by atoms with Gasteiger partial charge in [-0.25, -0.2) is 4.98 Å². The molecule has 12 heavy (non-hydrogen) atoms. The van der Waals surface area contributed by atoms with Crippen molar-refractivity contribution in [1.29, 1.82) is 5.26 Å². The molecule has 4 heteroatoms. The number of aromatic nitrogens is 1. The number of nitrogens with zero attached hydrogens (tertiary/aromatic N) is 2. The monoisotopic (exact) mass is 164 g/mol. The summed E-state index contributed by atoms with van der Waals surface area (Å²) in [6.07, 6.45) is 1.45. The zero-order valence-electron chi connectivity index (χ0n) is 6.61. The summed E-state index contributed by atoms with van der Waals surface area (Å²) >= 11 is 0. The highest BCUT2D eigenvalue weighted by Crippen LogP contribution is 2.15. The summed E-state index contributed by atoms with van der Waals surface area (Å²) in [7, 11) is 1.46. The van der Waals surface area contributed by atoms with Crippen LogP contribution in [0, 0.1) is 11.3 Å². The van der Waals surface area contributed by atoms with Gasteiger partial charge in [-0.05, 0) is 11.6 Å². The van der Waals surface area contributed by atoms with E-state index in [-0.39, 0.29) is 12.3 Å². The van der Waals surface area contributed by atoms with Crippen molar-refractivity contribution in [1.82, 2.24) is 4.98 Å². The van der Waals surface area contributed by atoms with Gasteiger partial charge in [0.05, 0.1) is 13.7 Å². The minimum Gasteiger partial charge on any atom is -0.494 e. The Morgan fingerprint density at radius 1 is 1.75 bits per heavy atom. The fraction of sp³-hybridized carbons (Fsp3) is 0.250. The minimum absolute atomic E-state index is 0.102. The maximum Gasteiger partial charge on any atom is 0.182 e. The van der Waals surface area contributed by atoms with Gasteiger partial charge in [-0.2, -0.15) is 5.26 Å². The predicted octanol–water partition coefficient (Wildman–Crippen LogP) is 0.454. The number of methoxy groups -OCH3 is 1. The van der Waals surface area contributed by atoms with Crippen molar-refractivity contribution < 1.29 is 9.84 Å². The van der Waals surface area contributed by atoms with Crippen LogP contribution in [0.4, 0.5) is 0 Å². The lowest BCUT2D eigenvalue weighted by atomic mass is 10.2. The summed E-state index contributed by atoms with van der Waals surface area (Å²) in [5.74, 6) is 0.393. The number of pyridine rings is 1. The van der Waals surface area contributed by atoms with Crippen LogP contribution in [0.2, 0.25) is 0 Å². The third-order valence-corrected chi connectivity index (χ3v) is 1.42. The van der Waals surface area contributed by atoms with E-state index in [1.54, 1.807) is 6.07 Å². The molecular weight excluding hydrogens is 156 g/mol. The normalized spacial score (nSPS) is 9.08. The molecule has 0 saturated carbocycles. The number of hydrogen-bond acceptors (Lipinski definition) is 4. The molecule has 0 saturated heterocycles. The van der Waals surface area contributed by atoms with Crippen molar-refractivity contribution in [3.8, 4) is 11.8 Å². The molecular formula is C8H8N2O2. The molecule has 1 heterocycles. The first kappa shape index (κ1) is 8.50. The van der Waals surface area contributed by atoms with Gasteiger partial charge in [0.25, 0.3) is 0 Å². The van der Waals surface area contributed by atoms with Crippen LogP contribution in [0.5, 0.6) is 5.75 Å². The summed E-state index contributed by atoms with van der Waals surface area (Å²) in [5.41, 5.74) is 0.862. The van der Waals surface area contributed by atoms with E-state index in [9.17, 15) is 0 Å². The van der Waals surface area contributed by atoms with Gasteiger partial charge in [-0.15, -0.1) is 0 Å². The van der Waals surface area contributed by atoms with Crippen LogP contribution in [-0.4, -0.2) is 17.2 Å². The second kappa shape index (κ2) is 3.69. The highest BCUT2D eigenvalue weighted by Gasteiger charge is 2.03. The first-order valence-corrected chi connectivity index (χ1v) is 3.35. The lowest BCUT2D eigenvalue weighted by Gasteiger charge is -2.02. The first-order chi connectivity index (χ1) is 5.81. The molecule has 1 aromatic heterocycles. The summed E-state index contributed by atoms with van der Waals surface area (Å²) in [6.45, 7) is -0.102. The zero-order chi connectivity index (χ0) is 8.97. The Morgan fingerprint density at radius 2 is 2.50 bits per heavy atom. The second-order valence-corrected chi connectivity index (χ2v) is 2.16. The van der Waals surface area contributed by atoms with Crippen LogP contribution < -0.4 is 4.74 Å². The van der Waals surface area contributed by atoms with Crippen molar-refractivity contribution in [3.05, 3.63) is 23.5 Å². The molecule has 0 aliphatic heterocycles. The zero-order valence-corrected chi connectivity index (χ0v) is 6.61. The third kappa shape index (κ3) is 1.52. The second-order valence-electron chi connectivity index (χ2n) is 2.16. The number of nitriles is 1. The Morgan fingerprint density at radius 3 is 3.00 bits per heavy atom. The molecule has 0 bridgehead atoms. The summed E-state index contributed by atoms with van der Waals surface area (Å²) in [4.78, 5) is 3.79. The smallest absolute Gasteiger partial charge is 0.182 e. The van der Waals surface area contributed by atoms with E-state index in [0.717, 1.165) is 0 Å². The Kier molecular flexibility index (Phi) is 2.62. The van der Waals surface area contributed by atoms with E-state index in [0.29, 0.717) is 11.3 Å². The predicted molar refractivity (Wildman–Crippen MR) is 41.4 cm³/mol. The van der Waals surface area contributed by atoms with Crippen molar-refractivity contribution in [2.24, 2.45) is 0 Å². The van der Waals surface area contributed by atoms with Crippen LogP contribution in [0.1, 0.15) is 11.3 Å². The first-order valence-electron chi connectivity index (χ1n) is 3.35. The Hall–Kier alpha value is -1.60. The topological polar surface area (TPSA) is 66.1 Å². The number of aliphatic hydroxyl groups excluding tert-OH is 1. The number of ether oxygens (including phenoxy) is 1. The van der Waals surface area contributed by atoms with Crippen molar-refractivity contribution in [3.63, 3.8) is 0 Å². The maximum absolute atomic E-state index is 8.74. The molecule has 0 amide bonds. The SMILES string of the molecule is COc1cc(CO)cnc1C#N. The lowest BCUT2D eigenvalue weighted by molar-refractivity contribution is 0.280. The van der Waals surface area contributed by atoms with Crippen molar-refractivity contribution >= 4 is 0 Å². The molecule has 1 rings (SSSR count). The Bertz CT molecular complexity index is 317. The number of hydrogen-bond donors (Lipinski definition) is 1. The highest BCUT2D eigenvalue weighted by molar-refractivity contribution is 5.38. The van der Waals surface area contributed by atoms with E-state index in [4.69, 9.17) is 15.1 Å². The van der Waals surface area contributed by atoms with E-state index >= 15 is 0 Å². The molecule has 1 aromatic rings. The summed E-state index contributed by atoms with van der Waals surface area (Å²) in [6, 6.07) is 3.47. The molecule has 0 aromatic carbocycles. The van der Waals surface area contributed by atoms with E-state index in [1.807, 2.05) is 6.07 Å². The molecule has 1 N–H and O–H groups in total. The van der Waals surface area contributed by atoms with Crippen molar-refractivity contribution in [2.75, 3.05) is 7.11 Å². The largest absolute Gasteiger partial charge is 0.494 e. The van der Waals surface area contributed by atoms with E-state index in [1.165, 1.54) is 13.3 Å². The van der Waals surface area contributed by atoms with E-state index < -0.39 is 0 Å². The average Bonchev–Trinajstić information content (AvgIpc) is 2.16.